The number of anilines is 1. The number of rotatable bonds is 2. The van der Waals surface area contributed by atoms with Gasteiger partial charge in [0.2, 0.25) is 0 Å². The fourth-order valence-electron chi connectivity index (χ4n) is 2.56. The summed E-state index contributed by atoms with van der Waals surface area (Å²) in [6.07, 6.45) is 5.19. The monoisotopic (exact) mass is 329 g/mol. The van der Waals surface area contributed by atoms with Gasteiger partial charge in [0.05, 0.1) is 24.6 Å². The van der Waals surface area contributed by atoms with Gasteiger partial charge in [0.1, 0.15) is 0 Å². The number of morpholine rings is 1. The minimum absolute atomic E-state index is 0.00587. The Bertz CT molecular complexity index is 676. The van der Waals surface area contributed by atoms with E-state index >= 15 is 0 Å². The van der Waals surface area contributed by atoms with E-state index < -0.39 is 0 Å². The van der Waals surface area contributed by atoms with Crippen molar-refractivity contribution in [1.29, 1.82) is 0 Å². The van der Waals surface area contributed by atoms with Crippen LogP contribution in [0.2, 0.25) is 0 Å². The number of ether oxygens (including phenoxy) is 1. The highest BCUT2D eigenvalue weighted by Gasteiger charge is 2.32. The highest BCUT2D eigenvalue weighted by atomic mass is 16.5. The SMILES string of the molecule is CC(C)(C)C1CN(C(=O)Nc2ccc(-n3cccn3)nc2)CCO1. The molecule has 1 atom stereocenters. The molecule has 3 rings (SSSR count). The molecular weight excluding hydrogens is 306 g/mol. The normalized spacial score (nSPS) is 18.5. The van der Waals surface area contributed by atoms with Crippen molar-refractivity contribution >= 4 is 11.7 Å². The Balaban J connectivity index is 1.62. The molecule has 2 aromatic heterocycles. The molecule has 2 aromatic rings. The van der Waals surface area contributed by atoms with E-state index in [1.54, 1.807) is 22.0 Å². The van der Waals surface area contributed by atoms with E-state index in [4.69, 9.17) is 4.74 Å². The fraction of sp³-hybridized carbons (Fsp3) is 0.471. The largest absolute Gasteiger partial charge is 0.374 e. The van der Waals surface area contributed by atoms with Crippen molar-refractivity contribution in [2.24, 2.45) is 5.41 Å². The van der Waals surface area contributed by atoms with Crippen LogP contribution in [0.25, 0.3) is 5.82 Å². The number of nitrogens with one attached hydrogen (secondary N) is 1. The first-order valence-electron chi connectivity index (χ1n) is 8.07. The van der Waals surface area contributed by atoms with Gasteiger partial charge in [-0.25, -0.2) is 14.5 Å². The zero-order valence-corrected chi connectivity index (χ0v) is 14.3. The number of hydrogen-bond donors (Lipinski definition) is 1. The first-order valence-corrected chi connectivity index (χ1v) is 8.07. The van der Waals surface area contributed by atoms with Gasteiger partial charge in [-0.15, -0.1) is 0 Å². The molecule has 7 nitrogen and oxygen atoms in total. The van der Waals surface area contributed by atoms with E-state index in [0.717, 1.165) is 0 Å². The minimum atomic E-state index is -0.124. The number of nitrogens with zero attached hydrogens (tertiary/aromatic N) is 4. The van der Waals surface area contributed by atoms with Gasteiger partial charge in [-0.3, -0.25) is 0 Å². The maximum absolute atomic E-state index is 12.5. The molecule has 0 radical (unpaired) electrons. The predicted molar refractivity (Wildman–Crippen MR) is 91.1 cm³/mol. The smallest absolute Gasteiger partial charge is 0.322 e. The van der Waals surface area contributed by atoms with Gasteiger partial charge < -0.3 is 15.0 Å². The number of urea groups is 1. The molecule has 3 heterocycles. The molecular formula is C17H23N5O2. The molecule has 2 amide bonds. The number of carbonyl (C=O) groups excluding carboxylic acids is 1. The van der Waals surface area contributed by atoms with Crippen LogP contribution in [0.1, 0.15) is 20.8 Å². The van der Waals surface area contributed by atoms with Crippen LogP contribution < -0.4 is 5.32 Å². The van der Waals surface area contributed by atoms with Crippen LogP contribution in [0, 0.1) is 5.41 Å². The second kappa shape index (κ2) is 6.60. The first kappa shape index (κ1) is 16.4. The summed E-state index contributed by atoms with van der Waals surface area (Å²) in [5, 5.41) is 7.02. The molecule has 1 aliphatic heterocycles. The standard InChI is InChI=1S/C17H23N5O2/c1-17(2,3)14-12-21(9-10-24-14)16(23)20-13-5-6-15(18-11-13)22-8-4-7-19-22/h4-8,11,14H,9-10,12H2,1-3H3,(H,20,23). The van der Waals surface area contributed by atoms with Gasteiger partial charge in [0.15, 0.2) is 5.82 Å². The Labute approximate surface area is 141 Å². The maximum atomic E-state index is 12.5. The molecule has 0 spiro atoms. The molecule has 1 unspecified atom stereocenters. The van der Waals surface area contributed by atoms with Crippen LogP contribution >= 0.6 is 0 Å². The summed E-state index contributed by atoms with van der Waals surface area (Å²) < 4.78 is 7.45. The number of pyridine rings is 1. The summed E-state index contributed by atoms with van der Waals surface area (Å²) in [5.74, 6) is 0.706. The van der Waals surface area contributed by atoms with Crippen molar-refractivity contribution in [3.63, 3.8) is 0 Å². The van der Waals surface area contributed by atoms with E-state index in [2.05, 4.69) is 36.2 Å². The van der Waals surface area contributed by atoms with Crippen LogP contribution in [-0.4, -0.2) is 51.5 Å². The van der Waals surface area contributed by atoms with Crippen molar-refractivity contribution in [3.05, 3.63) is 36.8 Å². The summed E-state index contributed by atoms with van der Waals surface area (Å²) in [6, 6.07) is 5.35. The van der Waals surface area contributed by atoms with E-state index in [1.807, 2.05) is 24.4 Å². The van der Waals surface area contributed by atoms with Crippen molar-refractivity contribution < 1.29 is 9.53 Å². The predicted octanol–water partition coefficient (Wildman–Crippen LogP) is 2.55. The summed E-state index contributed by atoms with van der Waals surface area (Å²) in [4.78, 5) is 18.6. The van der Waals surface area contributed by atoms with E-state index in [0.29, 0.717) is 31.2 Å². The van der Waals surface area contributed by atoms with Crippen molar-refractivity contribution in [2.75, 3.05) is 25.0 Å². The molecule has 0 saturated carbocycles. The van der Waals surface area contributed by atoms with Gasteiger partial charge in [-0.1, -0.05) is 20.8 Å². The maximum Gasteiger partial charge on any atom is 0.322 e. The van der Waals surface area contributed by atoms with Crippen LogP contribution in [0.15, 0.2) is 36.8 Å². The summed E-state index contributed by atoms with van der Waals surface area (Å²) in [6.45, 7) is 8.11. The quantitative estimate of drug-likeness (QED) is 0.919. The Hall–Kier alpha value is -2.41. The zero-order chi connectivity index (χ0) is 17.2. The lowest BCUT2D eigenvalue weighted by atomic mass is 9.88. The van der Waals surface area contributed by atoms with E-state index in [9.17, 15) is 4.79 Å². The Morgan fingerprint density at radius 3 is 2.83 bits per heavy atom. The minimum Gasteiger partial charge on any atom is -0.374 e. The lowest BCUT2D eigenvalue weighted by Gasteiger charge is -2.39. The molecule has 1 fully saturated rings. The second-order valence-corrected chi connectivity index (χ2v) is 6.96. The van der Waals surface area contributed by atoms with E-state index in [-0.39, 0.29) is 17.6 Å². The zero-order valence-electron chi connectivity index (χ0n) is 14.3. The van der Waals surface area contributed by atoms with Gasteiger partial charge in [-0.05, 0) is 23.6 Å². The molecule has 0 bridgehead atoms. The topological polar surface area (TPSA) is 72.3 Å². The van der Waals surface area contributed by atoms with Gasteiger partial charge in [0.25, 0.3) is 0 Å². The van der Waals surface area contributed by atoms with Crippen LogP contribution in [0.5, 0.6) is 0 Å². The van der Waals surface area contributed by atoms with Crippen LogP contribution in [-0.2, 0) is 4.74 Å². The summed E-state index contributed by atoms with van der Waals surface area (Å²) in [7, 11) is 0. The molecule has 0 aromatic carbocycles. The molecule has 1 aliphatic rings. The third-order valence-electron chi connectivity index (χ3n) is 4.06. The second-order valence-electron chi connectivity index (χ2n) is 6.96. The Morgan fingerprint density at radius 1 is 1.38 bits per heavy atom. The average molecular weight is 329 g/mol. The molecule has 1 saturated heterocycles. The number of carbonyl (C=O) groups is 1. The van der Waals surface area contributed by atoms with Gasteiger partial charge in [0, 0.05) is 25.5 Å². The lowest BCUT2D eigenvalue weighted by Crippen LogP contribution is -2.51. The molecule has 128 valence electrons. The van der Waals surface area contributed by atoms with Crippen molar-refractivity contribution in [1.82, 2.24) is 19.7 Å². The van der Waals surface area contributed by atoms with Crippen molar-refractivity contribution in [2.45, 2.75) is 26.9 Å². The number of amides is 2. The highest BCUT2D eigenvalue weighted by molar-refractivity contribution is 5.89. The van der Waals surface area contributed by atoms with Crippen LogP contribution in [0.4, 0.5) is 10.5 Å². The Morgan fingerprint density at radius 2 is 2.21 bits per heavy atom. The number of hydrogen-bond acceptors (Lipinski definition) is 4. The lowest BCUT2D eigenvalue weighted by molar-refractivity contribution is -0.0664. The van der Waals surface area contributed by atoms with Gasteiger partial charge in [-0.2, -0.15) is 5.10 Å². The third kappa shape index (κ3) is 3.73. The first-order chi connectivity index (χ1) is 11.4. The van der Waals surface area contributed by atoms with Crippen molar-refractivity contribution in [3.8, 4) is 5.82 Å². The fourth-order valence-corrected chi connectivity index (χ4v) is 2.56. The molecule has 7 heteroatoms. The average Bonchev–Trinajstić information content (AvgIpc) is 3.09. The number of aromatic nitrogens is 3. The summed E-state index contributed by atoms with van der Waals surface area (Å²) >= 11 is 0. The van der Waals surface area contributed by atoms with Gasteiger partial charge >= 0.3 is 6.03 Å². The third-order valence-corrected chi connectivity index (χ3v) is 4.06. The summed E-state index contributed by atoms with van der Waals surface area (Å²) in [5.41, 5.74) is 0.668. The van der Waals surface area contributed by atoms with E-state index in [1.165, 1.54) is 0 Å². The molecule has 1 N–H and O–H groups in total. The van der Waals surface area contributed by atoms with Crippen LogP contribution in [0.3, 0.4) is 0 Å². The molecule has 0 aliphatic carbocycles. The highest BCUT2D eigenvalue weighted by Crippen LogP contribution is 2.25. The molecule has 24 heavy (non-hydrogen) atoms. The Kier molecular flexibility index (Phi) is 4.53.